The lowest BCUT2D eigenvalue weighted by atomic mass is 9.89. The number of piperidine rings is 1. The van der Waals surface area contributed by atoms with Crippen LogP contribution in [0.1, 0.15) is 16.8 Å². The van der Waals surface area contributed by atoms with Crippen molar-refractivity contribution in [2.24, 2.45) is 5.92 Å². The standard InChI is InChI=1S/C19H25N5O4.ClH/c25-18(12-1-2-15-16(9-12)28-11-27-15)23-5-7-24(8-6-23)19(26)17-13-10-20-4-3-14(13)21-22-17;/h1-2,9,13-14,17,20-22H,3-8,10-11H2;1H. The van der Waals surface area contributed by atoms with Gasteiger partial charge in [0, 0.05) is 50.2 Å². The fraction of sp³-hybridized carbons (Fsp3) is 0.579. The van der Waals surface area contributed by atoms with E-state index >= 15 is 0 Å². The largest absolute Gasteiger partial charge is 0.454 e. The van der Waals surface area contributed by atoms with E-state index in [-0.39, 0.29) is 43.0 Å². The van der Waals surface area contributed by atoms with Gasteiger partial charge in [-0.1, -0.05) is 0 Å². The third-order valence-electron chi connectivity index (χ3n) is 6.15. The van der Waals surface area contributed by atoms with Crippen molar-refractivity contribution in [3.8, 4) is 11.5 Å². The number of nitrogens with one attached hydrogen (secondary N) is 3. The van der Waals surface area contributed by atoms with Gasteiger partial charge in [0.2, 0.25) is 12.7 Å². The van der Waals surface area contributed by atoms with Crippen molar-refractivity contribution >= 4 is 24.2 Å². The molecule has 0 saturated carbocycles. The molecule has 0 spiro atoms. The van der Waals surface area contributed by atoms with Crippen molar-refractivity contribution in [2.75, 3.05) is 46.1 Å². The van der Waals surface area contributed by atoms with Gasteiger partial charge >= 0.3 is 0 Å². The summed E-state index contributed by atoms with van der Waals surface area (Å²) in [4.78, 5) is 29.5. The highest BCUT2D eigenvalue weighted by Gasteiger charge is 2.43. The monoisotopic (exact) mass is 423 g/mol. The molecular weight excluding hydrogens is 398 g/mol. The van der Waals surface area contributed by atoms with E-state index in [9.17, 15) is 9.59 Å². The first kappa shape index (κ1) is 20.2. The van der Waals surface area contributed by atoms with Crippen LogP contribution in [0.2, 0.25) is 0 Å². The number of rotatable bonds is 2. The van der Waals surface area contributed by atoms with Gasteiger partial charge in [0.15, 0.2) is 11.5 Å². The molecule has 4 aliphatic rings. The Morgan fingerprint density at radius 2 is 1.76 bits per heavy atom. The molecular formula is C19H26ClN5O4. The highest BCUT2D eigenvalue weighted by atomic mass is 35.5. The van der Waals surface area contributed by atoms with Crippen LogP contribution in [0, 0.1) is 5.92 Å². The van der Waals surface area contributed by atoms with Crippen LogP contribution in [0.5, 0.6) is 11.5 Å². The normalized spacial score (nSPS) is 27.9. The molecule has 4 heterocycles. The number of piperazine rings is 1. The van der Waals surface area contributed by atoms with Crippen LogP contribution in [0.25, 0.3) is 0 Å². The minimum Gasteiger partial charge on any atom is -0.454 e. The lowest BCUT2D eigenvalue weighted by Gasteiger charge is -2.37. The Hall–Kier alpha value is -2.07. The number of amides is 2. The Bertz CT molecular complexity index is 786. The zero-order chi connectivity index (χ0) is 19.1. The van der Waals surface area contributed by atoms with E-state index in [1.54, 1.807) is 23.1 Å². The third kappa shape index (κ3) is 3.75. The highest BCUT2D eigenvalue weighted by Crippen LogP contribution is 2.33. The number of carbonyl (C=O) groups excluding carboxylic acids is 2. The number of hydrogen-bond acceptors (Lipinski definition) is 7. The van der Waals surface area contributed by atoms with Crippen LogP contribution in [0.15, 0.2) is 18.2 Å². The summed E-state index contributed by atoms with van der Waals surface area (Å²) in [6.45, 7) is 4.20. The molecule has 4 aliphatic heterocycles. The number of benzene rings is 1. The molecule has 9 nitrogen and oxygen atoms in total. The predicted octanol–water partition coefficient (Wildman–Crippen LogP) is -0.424. The average Bonchev–Trinajstić information content (AvgIpc) is 3.39. The van der Waals surface area contributed by atoms with Crippen molar-refractivity contribution in [3.63, 3.8) is 0 Å². The molecule has 10 heteroatoms. The van der Waals surface area contributed by atoms with Crippen LogP contribution >= 0.6 is 12.4 Å². The number of fused-ring (bicyclic) bond motifs is 2. The zero-order valence-electron chi connectivity index (χ0n) is 16.1. The minimum absolute atomic E-state index is 0. The van der Waals surface area contributed by atoms with Gasteiger partial charge in [-0.3, -0.25) is 15.0 Å². The number of hydrazine groups is 1. The molecule has 0 radical (unpaired) electrons. The van der Waals surface area contributed by atoms with Crippen LogP contribution in [0.3, 0.4) is 0 Å². The predicted molar refractivity (Wildman–Crippen MR) is 107 cm³/mol. The molecule has 158 valence electrons. The first-order valence-electron chi connectivity index (χ1n) is 9.90. The van der Waals surface area contributed by atoms with Gasteiger partial charge in [-0.15, -0.1) is 12.4 Å². The highest BCUT2D eigenvalue weighted by molar-refractivity contribution is 5.95. The summed E-state index contributed by atoms with van der Waals surface area (Å²) in [5.41, 5.74) is 7.05. The van der Waals surface area contributed by atoms with E-state index in [1.807, 2.05) is 4.90 Å². The van der Waals surface area contributed by atoms with Gasteiger partial charge in [0.25, 0.3) is 5.91 Å². The van der Waals surface area contributed by atoms with Crippen LogP contribution in [-0.2, 0) is 4.79 Å². The fourth-order valence-corrected chi connectivity index (χ4v) is 4.50. The van der Waals surface area contributed by atoms with E-state index in [1.165, 1.54) is 0 Å². The van der Waals surface area contributed by atoms with E-state index in [2.05, 4.69) is 16.2 Å². The topological polar surface area (TPSA) is 95.2 Å². The summed E-state index contributed by atoms with van der Waals surface area (Å²) >= 11 is 0. The number of halogens is 1. The first-order chi connectivity index (χ1) is 13.7. The quantitative estimate of drug-likeness (QED) is 0.594. The molecule has 0 bridgehead atoms. The van der Waals surface area contributed by atoms with Crippen LogP contribution < -0.4 is 25.6 Å². The molecule has 1 aromatic rings. The Balaban J connectivity index is 0.00000205. The Morgan fingerprint density at radius 1 is 1.00 bits per heavy atom. The van der Waals surface area contributed by atoms with Gasteiger partial charge in [-0.25, -0.2) is 5.43 Å². The van der Waals surface area contributed by atoms with Crippen LogP contribution in [-0.4, -0.2) is 79.8 Å². The van der Waals surface area contributed by atoms with E-state index < -0.39 is 0 Å². The van der Waals surface area contributed by atoms with Crippen LogP contribution in [0.4, 0.5) is 0 Å². The third-order valence-corrected chi connectivity index (χ3v) is 6.15. The maximum atomic E-state index is 13.0. The molecule has 3 saturated heterocycles. The van der Waals surface area contributed by atoms with Gasteiger partial charge in [-0.05, 0) is 31.2 Å². The summed E-state index contributed by atoms with van der Waals surface area (Å²) in [6.07, 6.45) is 1.03. The molecule has 0 aliphatic carbocycles. The lowest BCUT2D eigenvalue weighted by Crippen LogP contribution is -2.56. The van der Waals surface area contributed by atoms with Gasteiger partial charge < -0.3 is 24.6 Å². The molecule has 3 unspecified atom stereocenters. The second-order valence-electron chi connectivity index (χ2n) is 7.72. The summed E-state index contributed by atoms with van der Waals surface area (Å²) in [5.74, 6) is 1.63. The van der Waals surface area contributed by atoms with E-state index in [4.69, 9.17) is 9.47 Å². The number of ether oxygens (including phenoxy) is 2. The van der Waals surface area contributed by atoms with Crippen molar-refractivity contribution in [2.45, 2.75) is 18.5 Å². The Kier molecular flexibility index (Phi) is 5.82. The molecule has 3 N–H and O–H groups in total. The first-order valence-corrected chi connectivity index (χ1v) is 9.90. The molecule has 2 amide bonds. The maximum absolute atomic E-state index is 13.0. The smallest absolute Gasteiger partial charge is 0.254 e. The summed E-state index contributed by atoms with van der Waals surface area (Å²) < 4.78 is 10.7. The van der Waals surface area contributed by atoms with E-state index in [0.29, 0.717) is 49.3 Å². The Labute approximate surface area is 175 Å². The second-order valence-corrected chi connectivity index (χ2v) is 7.72. The Morgan fingerprint density at radius 3 is 2.59 bits per heavy atom. The summed E-state index contributed by atoms with van der Waals surface area (Å²) in [7, 11) is 0. The maximum Gasteiger partial charge on any atom is 0.254 e. The molecule has 0 aromatic heterocycles. The van der Waals surface area contributed by atoms with Crippen molar-refractivity contribution in [1.29, 1.82) is 0 Å². The molecule has 1 aromatic carbocycles. The number of carbonyl (C=O) groups is 2. The number of hydrogen-bond donors (Lipinski definition) is 3. The summed E-state index contributed by atoms with van der Waals surface area (Å²) in [5, 5.41) is 3.38. The van der Waals surface area contributed by atoms with Crippen molar-refractivity contribution in [1.82, 2.24) is 26.0 Å². The molecule has 3 fully saturated rings. The molecule has 5 rings (SSSR count). The second kappa shape index (κ2) is 8.35. The SMILES string of the molecule is Cl.O=C(c1ccc2c(c1)OCO2)N1CCN(C(=O)C2NNC3CCNCC32)CC1. The van der Waals surface area contributed by atoms with Crippen molar-refractivity contribution < 1.29 is 19.1 Å². The van der Waals surface area contributed by atoms with Gasteiger partial charge in [-0.2, -0.15) is 0 Å². The summed E-state index contributed by atoms with van der Waals surface area (Å²) in [6, 6.07) is 5.41. The van der Waals surface area contributed by atoms with Gasteiger partial charge in [0.05, 0.1) is 0 Å². The van der Waals surface area contributed by atoms with Crippen molar-refractivity contribution in [3.05, 3.63) is 23.8 Å². The van der Waals surface area contributed by atoms with Gasteiger partial charge in [0.1, 0.15) is 6.04 Å². The molecule has 29 heavy (non-hydrogen) atoms. The zero-order valence-corrected chi connectivity index (χ0v) is 16.9. The lowest BCUT2D eigenvalue weighted by molar-refractivity contribution is -0.135. The van der Waals surface area contributed by atoms with E-state index in [0.717, 1.165) is 19.5 Å². The number of nitrogens with zero attached hydrogens (tertiary/aromatic N) is 2. The average molecular weight is 424 g/mol. The minimum atomic E-state index is -0.200. The fourth-order valence-electron chi connectivity index (χ4n) is 4.50. The molecule has 3 atom stereocenters.